The van der Waals surface area contributed by atoms with Gasteiger partial charge in [-0.2, -0.15) is 0 Å². The number of hydrogen-bond acceptors (Lipinski definition) is 4. The van der Waals surface area contributed by atoms with E-state index in [4.69, 9.17) is 14.5 Å². The van der Waals surface area contributed by atoms with E-state index in [0.717, 1.165) is 49.8 Å². The number of ether oxygens (including phenoxy) is 2. The maximum Gasteiger partial charge on any atom is 0.194 e. The van der Waals surface area contributed by atoms with E-state index in [0.29, 0.717) is 31.0 Å². The first-order valence-corrected chi connectivity index (χ1v) is 10.7. The molecule has 0 unspecified atom stereocenters. The second-order valence-electron chi connectivity index (χ2n) is 7.57. The number of halogens is 3. The number of aliphatic imine (C=N–C) groups is 1. The van der Waals surface area contributed by atoms with Crippen molar-refractivity contribution in [2.24, 2.45) is 4.99 Å². The minimum atomic E-state index is -0.289. The zero-order valence-corrected chi connectivity index (χ0v) is 20.5. The van der Waals surface area contributed by atoms with Crippen LogP contribution in [0.1, 0.15) is 18.1 Å². The molecule has 2 aromatic carbocycles. The van der Waals surface area contributed by atoms with E-state index >= 15 is 0 Å². The van der Waals surface area contributed by atoms with E-state index in [1.54, 1.807) is 6.07 Å². The molecule has 174 valence electrons. The highest BCUT2D eigenvalue weighted by molar-refractivity contribution is 14.0. The minimum Gasteiger partial charge on any atom is -0.467 e. The van der Waals surface area contributed by atoms with Crippen molar-refractivity contribution in [2.75, 3.05) is 51.0 Å². The smallest absolute Gasteiger partial charge is 0.194 e. The van der Waals surface area contributed by atoms with E-state index < -0.39 is 0 Å². The van der Waals surface area contributed by atoms with Crippen LogP contribution in [0, 0.1) is 11.6 Å². The van der Waals surface area contributed by atoms with Gasteiger partial charge in [-0.05, 0) is 43.2 Å². The van der Waals surface area contributed by atoms with Crippen LogP contribution in [-0.4, -0.2) is 56.9 Å². The Morgan fingerprint density at radius 1 is 1.12 bits per heavy atom. The van der Waals surface area contributed by atoms with E-state index in [9.17, 15) is 8.78 Å². The summed E-state index contributed by atoms with van der Waals surface area (Å²) in [6, 6.07) is 9.85. The number of nitrogens with one attached hydrogen (secondary N) is 1. The SMILES string of the molecule is CCNC(=NCCc1cc(F)cc2c1OCOC2)N1CCN(c2ccccc2F)CC1.I. The van der Waals surface area contributed by atoms with Crippen LogP contribution in [0.2, 0.25) is 0 Å². The van der Waals surface area contributed by atoms with Crippen LogP contribution in [0.25, 0.3) is 0 Å². The van der Waals surface area contributed by atoms with Gasteiger partial charge in [-0.25, -0.2) is 8.78 Å². The van der Waals surface area contributed by atoms with Crippen molar-refractivity contribution in [1.82, 2.24) is 10.2 Å². The molecule has 0 aromatic heterocycles. The Morgan fingerprint density at radius 3 is 2.66 bits per heavy atom. The van der Waals surface area contributed by atoms with Crippen LogP contribution >= 0.6 is 24.0 Å². The van der Waals surface area contributed by atoms with Gasteiger partial charge in [0.2, 0.25) is 0 Å². The van der Waals surface area contributed by atoms with Crippen molar-refractivity contribution < 1.29 is 18.3 Å². The van der Waals surface area contributed by atoms with Gasteiger partial charge in [0.15, 0.2) is 12.8 Å². The molecule has 2 aromatic rings. The summed E-state index contributed by atoms with van der Waals surface area (Å²) in [7, 11) is 0. The van der Waals surface area contributed by atoms with Gasteiger partial charge < -0.3 is 24.6 Å². The topological polar surface area (TPSA) is 49.3 Å². The lowest BCUT2D eigenvalue weighted by atomic mass is 10.1. The van der Waals surface area contributed by atoms with Gasteiger partial charge in [-0.1, -0.05) is 12.1 Å². The summed E-state index contributed by atoms with van der Waals surface area (Å²) >= 11 is 0. The summed E-state index contributed by atoms with van der Waals surface area (Å²) in [5.74, 6) is 1.06. The normalized spacial score (nSPS) is 16.2. The number of hydrogen-bond donors (Lipinski definition) is 1. The molecule has 1 fully saturated rings. The van der Waals surface area contributed by atoms with Crippen LogP contribution in [-0.2, 0) is 17.8 Å². The zero-order chi connectivity index (χ0) is 21.6. The van der Waals surface area contributed by atoms with Gasteiger partial charge in [-0.15, -0.1) is 24.0 Å². The van der Waals surface area contributed by atoms with Gasteiger partial charge in [0.05, 0.1) is 12.3 Å². The molecule has 0 radical (unpaired) electrons. The average molecular weight is 558 g/mol. The number of rotatable bonds is 5. The first-order chi connectivity index (χ1) is 15.2. The standard InChI is InChI=1S/C23H28F2N4O2.HI/c1-2-26-23(29-11-9-28(10-12-29)21-6-4-3-5-20(21)25)27-8-7-17-13-19(24)14-18-15-30-16-31-22(17)18;/h3-6,13-14H,2,7-12,15-16H2,1H3,(H,26,27);1H. The second-order valence-corrected chi connectivity index (χ2v) is 7.57. The fraction of sp³-hybridized carbons (Fsp3) is 0.435. The van der Waals surface area contributed by atoms with Crippen molar-refractivity contribution >= 4 is 35.6 Å². The predicted molar refractivity (Wildman–Crippen MR) is 132 cm³/mol. The summed E-state index contributed by atoms with van der Waals surface area (Å²) < 4.78 is 38.9. The minimum absolute atomic E-state index is 0. The van der Waals surface area contributed by atoms with Crippen molar-refractivity contribution in [3.63, 3.8) is 0 Å². The first-order valence-electron chi connectivity index (χ1n) is 10.7. The zero-order valence-electron chi connectivity index (χ0n) is 18.2. The molecule has 0 atom stereocenters. The molecule has 0 aliphatic carbocycles. The van der Waals surface area contributed by atoms with Crippen LogP contribution < -0.4 is 15.0 Å². The number of fused-ring (bicyclic) bond motifs is 1. The lowest BCUT2D eigenvalue weighted by Gasteiger charge is -2.37. The number of anilines is 1. The number of piperazine rings is 1. The van der Waals surface area contributed by atoms with Crippen molar-refractivity contribution in [3.05, 3.63) is 59.2 Å². The van der Waals surface area contributed by atoms with Crippen molar-refractivity contribution in [3.8, 4) is 5.75 Å². The molecule has 2 aliphatic heterocycles. The van der Waals surface area contributed by atoms with Crippen molar-refractivity contribution in [1.29, 1.82) is 0 Å². The fourth-order valence-electron chi connectivity index (χ4n) is 4.02. The summed E-state index contributed by atoms with van der Waals surface area (Å²) in [6.07, 6.45) is 0.574. The number of benzene rings is 2. The molecule has 6 nitrogen and oxygen atoms in total. The van der Waals surface area contributed by atoms with Gasteiger partial charge in [-0.3, -0.25) is 4.99 Å². The van der Waals surface area contributed by atoms with E-state index in [1.165, 1.54) is 18.2 Å². The molecule has 32 heavy (non-hydrogen) atoms. The maximum absolute atomic E-state index is 14.1. The molecular formula is C23H29F2IN4O2. The molecule has 0 saturated carbocycles. The maximum atomic E-state index is 14.1. The van der Waals surface area contributed by atoms with Crippen LogP contribution in [0.3, 0.4) is 0 Å². The third-order valence-corrected chi connectivity index (χ3v) is 5.50. The summed E-state index contributed by atoms with van der Waals surface area (Å²) in [5, 5.41) is 3.34. The van der Waals surface area contributed by atoms with Crippen LogP contribution in [0.15, 0.2) is 41.4 Å². The van der Waals surface area contributed by atoms with Gasteiger partial charge in [0.25, 0.3) is 0 Å². The Labute approximate surface area is 204 Å². The predicted octanol–water partition coefficient (Wildman–Crippen LogP) is 3.78. The average Bonchev–Trinajstić information content (AvgIpc) is 2.79. The largest absolute Gasteiger partial charge is 0.467 e. The molecule has 4 rings (SSSR count). The molecule has 1 saturated heterocycles. The van der Waals surface area contributed by atoms with E-state index in [2.05, 4.69) is 15.1 Å². The van der Waals surface area contributed by atoms with Gasteiger partial charge in [0.1, 0.15) is 17.4 Å². The number of para-hydroxylation sites is 1. The Balaban J connectivity index is 0.00000289. The quantitative estimate of drug-likeness (QED) is 0.344. The molecule has 2 aliphatic rings. The highest BCUT2D eigenvalue weighted by atomic mass is 127. The Kier molecular flexibility index (Phi) is 8.92. The summed E-state index contributed by atoms with van der Waals surface area (Å²) in [5.41, 5.74) is 2.19. The number of guanidine groups is 1. The fourth-order valence-corrected chi connectivity index (χ4v) is 4.02. The highest BCUT2D eigenvalue weighted by Gasteiger charge is 2.22. The second kappa shape index (κ2) is 11.6. The van der Waals surface area contributed by atoms with Gasteiger partial charge >= 0.3 is 0 Å². The molecule has 9 heteroatoms. The van der Waals surface area contributed by atoms with E-state index in [1.807, 2.05) is 19.1 Å². The van der Waals surface area contributed by atoms with E-state index in [-0.39, 0.29) is 42.4 Å². The molecule has 2 heterocycles. The van der Waals surface area contributed by atoms with Crippen LogP contribution in [0.5, 0.6) is 5.75 Å². The lowest BCUT2D eigenvalue weighted by Crippen LogP contribution is -2.52. The summed E-state index contributed by atoms with van der Waals surface area (Å²) in [4.78, 5) is 9.01. The molecule has 0 amide bonds. The lowest BCUT2D eigenvalue weighted by molar-refractivity contribution is -0.0172. The molecule has 1 N–H and O–H groups in total. The molecule has 0 bridgehead atoms. The third-order valence-electron chi connectivity index (χ3n) is 5.50. The van der Waals surface area contributed by atoms with Crippen LogP contribution in [0.4, 0.5) is 14.5 Å². The summed E-state index contributed by atoms with van der Waals surface area (Å²) in [6.45, 7) is 6.77. The third kappa shape index (κ3) is 5.80. The van der Waals surface area contributed by atoms with Gasteiger partial charge in [0, 0.05) is 44.8 Å². The van der Waals surface area contributed by atoms with Crippen molar-refractivity contribution in [2.45, 2.75) is 20.0 Å². The Bertz CT molecular complexity index is 936. The monoisotopic (exact) mass is 558 g/mol. The highest BCUT2D eigenvalue weighted by Crippen LogP contribution is 2.29. The molecular weight excluding hydrogens is 529 g/mol. The first kappa shape index (κ1) is 24.5. The Hall–Kier alpha value is -2.14. The number of nitrogens with zero attached hydrogens (tertiary/aromatic N) is 3. The molecule has 0 spiro atoms. The Morgan fingerprint density at radius 2 is 1.91 bits per heavy atom.